The van der Waals surface area contributed by atoms with Crippen molar-refractivity contribution in [2.45, 2.75) is 18.9 Å². The molecule has 0 unspecified atom stereocenters. The summed E-state index contributed by atoms with van der Waals surface area (Å²) < 4.78 is 1.88. The largest absolute Gasteiger partial charge is 0.338 e. The van der Waals surface area contributed by atoms with Crippen LogP contribution in [0, 0.1) is 0 Å². The molecule has 2 N–H and O–H groups in total. The van der Waals surface area contributed by atoms with E-state index in [0.29, 0.717) is 19.6 Å². The number of likely N-dealkylation sites (tertiary alicyclic amines) is 1. The van der Waals surface area contributed by atoms with Gasteiger partial charge in [0.15, 0.2) is 5.65 Å². The van der Waals surface area contributed by atoms with Gasteiger partial charge in [-0.3, -0.25) is 4.79 Å². The van der Waals surface area contributed by atoms with Crippen molar-refractivity contribution in [2.24, 2.45) is 5.73 Å². The average Bonchev–Trinajstić information content (AvgIpc) is 3.28. The predicted octanol–water partition coefficient (Wildman–Crippen LogP) is 2.02. The number of hydrogen-bond donors (Lipinski definition) is 1. The first-order chi connectivity index (χ1) is 12.3. The molecule has 4 rings (SSSR count). The van der Waals surface area contributed by atoms with E-state index in [4.69, 9.17) is 10.8 Å². The highest BCUT2D eigenvalue weighted by Crippen LogP contribution is 2.31. The Morgan fingerprint density at radius 2 is 2.04 bits per heavy atom. The second kappa shape index (κ2) is 6.64. The van der Waals surface area contributed by atoms with E-state index in [1.54, 1.807) is 6.20 Å². The highest BCUT2D eigenvalue weighted by molar-refractivity contribution is 5.94. The molecular weight excluding hydrogens is 314 g/mol. The van der Waals surface area contributed by atoms with Crippen LogP contribution in [0.15, 0.2) is 48.7 Å². The molecule has 1 aliphatic heterocycles. The van der Waals surface area contributed by atoms with Crippen molar-refractivity contribution in [1.82, 2.24) is 19.7 Å². The molecule has 0 aliphatic carbocycles. The third kappa shape index (κ3) is 2.89. The maximum absolute atomic E-state index is 12.7. The van der Waals surface area contributed by atoms with Gasteiger partial charge in [0.05, 0.1) is 12.2 Å². The van der Waals surface area contributed by atoms with Crippen LogP contribution in [0.5, 0.6) is 0 Å². The standard InChI is InChI=1S/C19H21N5O/c20-9-12-24-18-16(7-4-10-21-18)17(22-24)15-8-11-23(13-15)19(25)14-5-2-1-3-6-14/h1-7,10,15H,8-9,11-13,20H2/t15-/m1/s1. The van der Waals surface area contributed by atoms with Crippen molar-refractivity contribution in [1.29, 1.82) is 0 Å². The van der Waals surface area contributed by atoms with Gasteiger partial charge in [0, 0.05) is 42.7 Å². The quantitative estimate of drug-likeness (QED) is 0.791. The molecule has 0 saturated carbocycles. The fourth-order valence-electron chi connectivity index (χ4n) is 3.54. The first-order valence-electron chi connectivity index (χ1n) is 8.63. The van der Waals surface area contributed by atoms with E-state index in [1.165, 1.54) is 0 Å². The van der Waals surface area contributed by atoms with Gasteiger partial charge in [-0.1, -0.05) is 18.2 Å². The molecule has 6 heteroatoms. The normalized spacial score (nSPS) is 17.3. The van der Waals surface area contributed by atoms with Crippen molar-refractivity contribution >= 4 is 16.9 Å². The molecule has 2 aromatic heterocycles. The minimum atomic E-state index is 0.0897. The molecule has 0 bridgehead atoms. The van der Waals surface area contributed by atoms with E-state index >= 15 is 0 Å². The number of carbonyl (C=O) groups is 1. The number of nitrogens with zero attached hydrogens (tertiary/aromatic N) is 4. The van der Waals surface area contributed by atoms with Crippen LogP contribution in [0.4, 0.5) is 0 Å². The number of rotatable bonds is 4. The Balaban J connectivity index is 1.60. The number of hydrogen-bond acceptors (Lipinski definition) is 4. The monoisotopic (exact) mass is 335 g/mol. The lowest BCUT2D eigenvalue weighted by molar-refractivity contribution is 0.0790. The summed E-state index contributed by atoms with van der Waals surface area (Å²) in [4.78, 5) is 19.0. The van der Waals surface area contributed by atoms with Gasteiger partial charge in [-0.05, 0) is 30.7 Å². The van der Waals surface area contributed by atoms with Gasteiger partial charge in [0.25, 0.3) is 5.91 Å². The Bertz CT molecular complexity index is 889. The molecule has 1 aliphatic rings. The second-order valence-electron chi connectivity index (χ2n) is 6.37. The van der Waals surface area contributed by atoms with Crippen molar-refractivity contribution in [3.8, 4) is 0 Å². The van der Waals surface area contributed by atoms with Crippen LogP contribution in [0.25, 0.3) is 11.0 Å². The SMILES string of the molecule is NCCn1nc([C@@H]2CCN(C(=O)c3ccccc3)C2)c2cccnc21. The Morgan fingerprint density at radius 1 is 1.20 bits per heavy atom. The number of nitrogens with two attached hydrogens (primary N) is 1. The van der Waals surface area contributed by atoms with Gasteiger partial charge < -0.3 is 10.6 Å². The Morgan fingerprint density at radius 3 is 2.84 bits per heavy atom. The first kappa shape index (κ1) is 15.8. The van der Waals surface area contributed by atoms with Crippen LogP contribution in [0.3, 0.4) is 0 Å². The van der Waals surface area contributed by atoms with E-state index in [9.17, 15) is 4.79 Å². The first-order valence-corrected chi connectivity index (χ1v) is 8.63. The van der Waals surface area contributed by atoms with Gasteiger partial charge in [0.2, 0.25) is 0 Å². The number of amides is 1. The third-order valence-corrected chi connectivity index (χ3v) is 4.76. The molecule has 1 atom stereocenters. The number of benzene rings is 1. The molecule has 0 radical (unpaired) electrons. The summed E-state index contributed by atoms with van der Waals surface area (Å²) in [5, 5.41) is 5.83. The fraction of sp³-hybridized carbons (Fsp3) is 0.316. The van der Waals surface area contributed by atoms with Crippen LogP contribution in [-0.2, 0) is 6.54 Å². The lowest BCUT2D eigenvalue weighted by Gasteiger charge is -2.16. The predicted molar refractivity (Wildman–Crippen MR) is 96.3 cm³/mol. The Labute approximate surface area is 146 Å². The van der Waals surface area contributed by atoms with Crippen molar-refractivity contribution in [2.75, 3.05) is 19.6 Å². The second-order valence-corrected chi connectivity index (χ2v) is 6.37. The van der Waals surface area contributed by atoms with E-state index in [2.05, 4.69) is 11.1 Å². The van der Waals surface area contributed by atoms with Crippen LogP contribution >= 0.6 is 0 Å². The minimum Gasteiger partial charge on any atom is -0.338 e. The van der Waals surface area contributed by atoms with E-state index in [1.807, 2.05) is 46.0 Å². The molecule has 1 fully saturated rings. The molecule has 1 aromatic carbocycles. The molecular formula is C19H21N5O. The van der Waals surface area contributed by atoms with Crippen LogP contribution < -0.4 is 5.73 Å². The van der Waals surface area contributed by atoms with Crippen LogP contribution in [-0.4, -0.2) is 45.2 Å². The summed E-state index contributed by atoms with van der Waals surface area (Å²) in [5.74, 6) is 0.324. The van der Waals surface area contributed by atoms with Crippen molar-refractivity contribution in [3.63, 3.8) is 0 Å². The zero-order chi connectivity index (χ0) is 17.2. The van der Waals surface area contributed by atoms with Crippen LogP contribution in [0.2, 0.25) is 0 Å². The Hall–Kier alpha value is -2.73. The van der Waals surface area contributed by atoms with E-state index in [-0.39, 0.29) is 11.8 Å². The number of pyridine rings is 1. The van der Waals surface area contributed by atoms with Gasteiger partial charge in [-0.25, -0.2) is 9.67 Å². The molecule has 6 nitrogen and oxygen atoms in total. The smallest absolute Gasteiger partial charge is 0.253 e. The molecule has 1 saturated heterocycles. The number of fused-ring (bicyclic) bond motifs is 1. The minimum absolute atomic E-state index is 0.0897. The highest BCUT2D eigenvalue weighted by Gasteiger charge is 2.31. The molecule has 25 heavy (non-hydrogen) atoms. The fourth-order valence-corrected chi connectivity index (χ4v) is 3.54. The molecule has 0 spiro atoms. The van der Waals surface area contributed by atoms with Gasteiger partial charge in [-0.15, -0.1) is 0 Å². The summed E-state index contributed by atoms with van der Waals surface area (Å²) in [5.41, 5.74) is 8.34. The summed E-state index contributed by atoms with van der Waals surface area (Å²) in [7, 11) is 0. The zero-order valence-electron chi connectivity index (χ0n) is 14.0. The van der Waals surface area contributed by atoms with Crippen molar-refractivity contribution < 1.29 is 4.79 Å². The van der Waals surface area contributed by atoms with Crippen LogP contribution in [0.1, 0.15) is 28.4 Å². The molecule has 128 valence electrons. The summed E-state index contributed by atoms with van der Waals surface area (Å²) in [6, 6.07) is 13.4. The lowest BCUT2D eigenvalue weighted by atomic mass is 10.0. The highest BCUT2D eigenvalue weighted by atomic mass is 16.2. The summed E-state index contributed by atoms with van der Waals surface area (Å²) in [6.45, 7) is 2.62. The molecule has 1 amide bonds. The summed E-state index contributed by atoms with van der Waals surface area (Å²) in [6.07, 6.45) is 2.70. The summed E-state index contributed by atoms with van der Waals surface area (Å²) >= 11 is 0. The number of aromatic nitrogens is 3. The molecule has 3 heterocycles. The van der Waals surface area contributed by atoms with Gasteiger partial charge in [-0.2, -0.15) is 5.10 Å². The average molecular weight is 335 g/mol. The van der Waals surface area contributed by atoms with Crippen molar-refractivity contribution in [3.05, 3.63) is 59.9 Å². The van der Waals surface area contributed by atoms with Gasteiger partial charge >= 0.3 is 0 Å². The lowest BCUT2D eigenvalue weighted by Crippen LogP contribution is -2.28. The number of carbonyl (C=O) groups excluding carboxylic acids is 1. The van der Waals surface area contributed by atoms with E-state index in [0.717, 1.165) is 35.3 Å². The molecule has 3 aromatic rings. The Kier molecular flexibility index (Phi) is 4.19. The van der Waals surface area contributed by atoms with Gasteiger partial charge in [0.1, 0.15) is 0 Å². The third-order valence-electron chi connectivity index (χ3n) is 4.76. The topological polar surface area (TPSA) is 77.0 Å². The maximum Gasteiger partial charge on any atom is 0.253 e. The van der Waals surface area contributed by atoms with E-state index < -0.39 is 0 Å². The zero-order valence-corrected chi connectivity index (χ0v) is 14.0. The maximum atomic E-state index is 12.7.